The summed E-state index contributed by atoms with van der Waals surface area (Å²) in [5.74, 6) is -0.808. The van der Waals surface area contributed by atoms with Crippen LogP contribution in [0.2, 0.25) is 0 Å². The van der Waals surface area contributed by atoms with Crippen molar-refractivity contribution in [3.63, 3.8) is 0 Å². The number of aliphatic carboxylic acids is 1. The van der Waals surface area contributed by atoms with Crippen molar-refractivity contribution in [2.45, 2.75) is 26.2 Å². The van der Waals surface area contributed by atoms with E-state index in [1.807, 2.05) is 6.92 Å². The fourth-order valence-electron chi connectivity index (χ4n) is 0.938. The van der Waals surface area contributed by atoms with Crippen LogP contribution in [0, 0.1) is 0 Å². The third kappa shape index (κ3) is 5.70. The molecule has 0 spiro atoms. The van der Waals surface area contributed by atoms with Gasteiger partial charge in [0.2, 0.25) is 6.41 Å². The van der Waals surface area contributed by atoms with Crippen LogP contribution in [-0.2, 0) is 9.59 Å². The molecule has 0 atom stereocenters. The summed E-state index contributed by atoms with van der Waals surface area (Å²) in [4.78, 5) is 22.1. The lowest BCUT2D eigenvalue weighted by atomic mass is 10.3. The Balaban J connectivity index is 3.44. The van der Waals surface area contributed by atoms with E-state index in [9.17, 15) is 9.59 Å². The Bertz CT molecular complexity index is 147. The van der Waals surface area contributed by atoms with Crippen LogP contribution in [-0.4, -0.2) is 35.5 Å². The highest BCUT2D eigenvalue weighted by Crippen LogP contribution is 1.94. The molecule has 12 heavy (non-hydrogen) atoms. The summed E-state index contributed by atoms with van der Waals surface area (Å²) in [7, 11) is 0. The second-order valence-corrected chi connectivity index (χ2v) is 2.64. The lowest BCUT2D eigenvalue weighted by molar-refractivity contribution is -0.137. The van der Waals surface area contributed by atoms with E-state index in [1.54, 1.807) is 4.90 Å². The number of carbonyl (C=O) groups excluding carboxylic acids is 1. The summed E-state index contributed by atoms with van der Waals surface area (Å²) in [5, 5.41) is 8.32. The summed E-state index contributed by atoms with van der Waals surface area (Å²) >= 11 is 0. The number of hydrogen-bond acceptors (Lipinski definition) is 2. The molecule has 0 aromatic carbocycles. The van der Waals surface area contributed by atoms with Crippen LogP contribution in [0.15, 0.2) is 0 Å². The molecule has 0 aliphatic carbocycles. The first-order valence-corrected chi connectivity index (χ1v) is 4.11. The number of hydrogen-bond donors (Lipinski definition) is 1. The van der Waals surface area contributed by atoms with Gasteiger partial charge in [-0.3, -0.25) is 9.59 Å². The Morgan fingerprint density at radius 3 is 2.58 bits per heavy atom. The SMILES string of the molecule is CCCN(C=O)CCCC(=O)O. The smallest absolute Gasteiger partial charge is 0.303 e. The summed E-state index contributed by atoms with van der Waals surface area (Å²) < 4.78 is 0. The molecule has 0 bridgehead atoms. The largest absolute Gasteiger partial charge is 0.481 e. The molecule has 70 valence electrons. The predicted octanol–water partition coefficient (Wildman–Crippen LogP) is 0.720. The minimum absolute atomic E-state index is 0.133. The van der Waals surface area contributed by atoms with Gasteiger partial charge >= 0.3 is 5.97 Å². The maximum Gasteiger partial charge on any atom is 0.303 e. The van der Waals surface area contributed by atoms with Crippen molar-refractivity contribution in [2.75, 3.05) is 13.1 Å². The lowest BCUT2D eigenvalue weighted by Gasteiger charge is -2.14. The minimum Gasteiger partial charge on any atom is -0.481 e. The molecule has 0 rings (SSSR count). The molecule has 4 heteroatoms. The average molecular weight is 173 g/mol. The van der Waals surface area contributed by atoms with Gasteiger partial charge in [0.25, 0.3) is 0 Å². The molecular formula is C8H15NO3. The lowest BCUT2D eigenvalue weighted by Crippen LogP contribution is -2.24. The van der Waals surface area contributed by atoms with Crippen molar-refractivity contribution in [3.05, 3.63) is 0 Å². The van der Waals surface area contributed by atoms with Gasteiger partial charge in [0.05, 0.1) is 0 Å². The van der Waals surface area contributed by atoms with Crippen molar-refractivity contribution in [1.29, 1.82) is 0 Å². The van der Waals surface area contributed by atoms with Crippen LogP contribution in [0.4, 0.5) is 0 Å². The predicted molar refractivity (Wildman–Crippen MR) is 44.8 cm³/mol. The highest BCUT2D eigenvalue weighted by atomic mass is 16.4. The van der Waals surface area contributed by atoms with Gasteiger partial charge in [-0.25, -0.2) is 0 Å². The maximum absolute atomic E-state index is 10.3. The van der Waals surface area contributed by atoms with Gasteiger partial charge in [-0.15, -0.1) is 0 Å². The van der Waals surface area contributed by atoms with E-state index in [1.165, 1.54) is 0 Å². The molecule has 1 amide bonds. The molecule has 0 aromatic heterocycles. The van der Waals surface area contributed by atoms with E-state index < -0.39 is 5.97 Å². The number of carboxylic acids is 1. The van der Waals surface area contributed by atoms with E-state index in [0.717, 1.165) is 12.8 Å². The zero-order chi connectivity index (χ0) is 9.40. The molecule has 0 saturated heterocycles. The summed E-state index contributed by atoms with van der Waals surface area (Å²) in [6.07, 6.45) is 2.35. The van der Waals surface area contributed by atoms with Gasteiger partial charge in [-0.2, -0.15) is 0 Å². The normalized spacial score (nSPS) is 9.42. The molecule has 0 aliphatic rings. The van der Waals surface area contributed by atoms with E-state index >= 15 is 0 Å². The van der Waals surface area contributed by atoms with Gasteiger partial charge in [0, 0.05) is 19.5 Å². The average Bonchev–Trinajstić information content (AvgIpc) is 2.02. The molecule has 0 heterocycles. The van der Waals surface area contributed by atoms with Gasteiger partial charge < -0.3 is 10.0 Å². The van der Waals surface area contributed by atoms with Gasteiger partial charge in [0.15, 0.2) is 0 Å². The van der Waals surface area contributed by atoms with Crippen LogP contribution in [0.1, 0.15) is 26.2 Å². The van der Waals surface area contributed by atoms with Gasteiger partial charge in [0.1, 0.15) is 0 Å². The number of nitrogens with zero attached hydrogens (tertiary/aromatic N) is 1. The van der Waals surface area contributed by atoms with Crippen LogP contribution >= 0.6 is 0 Å². The Labute approximate surface area is 72.2 Å². The highest BCUT2D eigenvalue weighted by Gasteiger charge is 2.01. The third-order valence-corrected chi connectivity index (χ3v) is 1.50. The molecule has 4 nitrogen and oxygen atoms in total. The van der Waals surface area contributed by atoms with E-state index in [4.69, 9.17) is 5.11 Å². The number of carboxylic acid groups (broad SMARTS) is 1. The van der Waals surface area contributed by atoms with Crippen LogP contribution < -0.4 is 0 Å². The summed E-state index contributed by atoms with van der Waals surface area (Å²) in [5.41, 5.74) is 0. The molecule has 0 unspecified atom stereocenters. The Morgan fingerprint density at radius 1 is 1.50 bits per heavy atom. The molecule has 1 N–H and O–H groups in total. The second kappa shape index (κ2) is 6.64. The maximum atomic E-state index is 10.3. The monoisotopic (exact) mass is 173 g/mol. The van der Waals surface area contributed by atoms with Crippen LogP contribution in [0.3, 0.4) is 0 Å². The zero-order valence-electron chi connectivity index (χ0n) is 7.32. The van der Waals surface area contributed by atoms with E-state index in [0.29, 0.717) is 19.5 Å². The number of amides is 1. The molecule has 0 saturated carbocycles. The molecule has 0 radical (unpaired) electrons. The van der Waals surface area contributed by atoms with Crippen molar-refractivity contribution in [3.8, 4) is 0 Å². The Kier molecular flexibility index (Phi) is 6.05. The van der Waals surface area contributed by atoms with E-state index in [2.05, 4.69) is 0 Å². The molecule has 0 aromatic rings. The number of rotatable bonds is 7. The van der Waals surface area contributed by atoms with Gasteiger partial charge in [-0.05, 0) is 12.8 Å². The minimum atomic E-state index is -0.808. The van der Waals surface area contributed by atoms with Crippen LogP contribution in [0.25, 0.3) is 0 Å². The summed E-state index contributed by atoms with van der Waals surface area (Å²) in [6.45, 7) is 3.24. The van der Waals surface area contributed by atoms with E-state index in [-0.39, 0.29) is 6.42 Å². The second-order valence-electron chi connectivity index (χ2n) is 2.64. The molecule has 0 fully saturated rings. The summed E-state index contributed by atoms with van der Waals surface area (Å²) in [6, 6.07) is 0. The zero-order valence-corrected chi connectivity index (χ0v) is 7.32. The Hall–Kier alpha value is -1.06. The van der Waals surface area contributed by atoms with Crippen molar-refractivity contribution in [2.24, 2.45) is 0 Å². The molecule has 0 aliphatic heterocycles. The fourth-order valence-corrected chi connectivity index (χ4v) is 0.938. The fraction of sp³-hybridized carbons (Fsp3) is 0.750. The quantitative estimate of drug-likeness (QED) is 0.577. The first-order chi connectivity index (χ1) is 5.70. The van der Waals surface area contributed by atoms with Crippen molar-refractivity contribution >= 4 is 12.4 Å². The standard InChI is InChI=1S/C8H15NO3/c1-2-5-9(7-10)6-3-4-8(11)12/h7H,2-6H2,1H3,(H,11,12). The first kappa shape index (κ1) is 10.9. The van der Waals surface area contributed by atoms with Gasteiger partial charge in [-0.1, -0.05) is 6.92 Å². The van der Waals surface area contributed by atoms with Crippen molar-refractivity contribution < 1.29 is 14.7 Å². The van der Waals surface area contributed by atoms with Crippen LogP contribution in [0.5, 0.6) is 0 Å². The van der Waals surface area contributed by atoms with Crippen molar-refractivity contribution in [1.82, 2.24) is 4.90 Å². The third-order valence-electron chi connectivity index (χ3n) is 1.50. The molecular weight excluding hydrogens is 158 g/mol. The topological polar surface area (TPSA) is 57.6 Å². The number of carbonyl (C=O) groups is 2. The highest BCUT2D eigenvalue weighted by molar-refractivity contribution is 5.66. The first-order valence-electron chi connectivity index (χ1n) is 4.11. The Morgan fingerprint density at radius 2 is 2.17 bits per heavy atom.